The molecule has 4 rings (SSSR count). The molecule has 1 amide bonds. The fourth-order valence-electron chi connectivity index (χ4n) is 3.48. The van der Waals surface area contributed by atoms with Crippen molar-refractivity contribution in [1.29, 1.82) is 5.26 Å². The van der Waals surface area contributed by atoms with E-state index in [1.165, 1.54) is 6.20 Å². The quantitative estimate of drug-likeness (QED) is 0.590. The van der Waals surface area contributed by atoms with Gasteiger partial charge in [-0.05, 0) is 48.7 Å². The molecule has 0 aliphatic carbocycles. The van der Waals surface area contributed by atoms with E-state index in [-0.39, 0.29) is 5.91 Å². The van der Waals surface area contributed by atoms with Gasteiger partial charge in [0.15, 0.2) is 5.65 Å². The van der Waals surface area contributed by atoms with Crippen molar-refractivity contribution in [2.75, 3.05) is 5.32 Å². The van der Waals surface area contributed by atoms with E-state index >= 15 is 0 Å². The van der Waals surface area contributed by atoms with Gasteiger partial charge in [0, 0.05) is 23.5 Å². The number of anilines is 1. The van der Waals surface area contributed by atoms with Crippen molar-refractivity contribution in [2.45, 2.75) is 26.7 Å². The zero-order valence-corrected chi connectivity index (χ0v) is 15.7. The van der Waals surface area contributed by atoms with E-state index in [4.69, 9.17) is 5.26 Å². The van der Waals surface area contributed by atoms with Crippen LogP contribution in [-0.4, -0.2) is 20.5 Å². The number of nitrogens with zero attached hydrogens (tertiary/aromatic N) is 4. The largest absolute Gasteiger partial charge is 0.326 e. The lowest BCUT2D eigenvalue weighted by atomic mass is 10.1. The van der Waals surface area contributed by atoms with E-state index in [1.807, 2.05) is 56.3 Å². The minimum absolute atomic E-state index is 0.0487. The standard InChI is InChI=1S/C22H19N5O/c1-14-20(15(2)27-22(25-14)18(12-23)13-24-27)9-10-21(28)26-19-8-7-16-5-3-4-6-17(16)11-19/h3-8,11,13H,9-10H2,1-2H3,(H,26,28). The van der Waals surface area contributed by atoms with Gasteiger partial charge in [-0.3, -0.25) is 4.79 Å². The van der Waals surface area contributed by atoms with Crippen LogP contribution in [0.15, 0.2) is 48.7 Å². The van der Waals surface area contributed by atoms with Gasteiger partial charge in [0.1, 0.15) is 11.6 Å². The zero-order valence-electron chi connectivity index (χ0n) is 15.7. The topological polar surface area (TPSA) is 83.1 Å². The molecule has 0 saturated heterocycles. The van der Waals surface area contributed by atoms with Crippen LogP contribution in [0.1, 0.15) is 28.9 Å². The smallest absolute Gasteiger partial charge is 0.224 e. The highest BCUT2D eigenvalue weighted by Crippen LogP contribution is 2.20. The summed E-state index contributed by atoms with van der Waals surface area (Å²) in [6.45, 7) is 3.84. The molecule has 0 radical (unpaired) electrons. The summed E-state index contributed by atoms with van der Waals surface area (Å²) in [5.41, 5.74) is 4.50. The lowest BCUT2D eigenvalue weighted by Gasteiger charge is -2.11. The fourth-order valence-corrected chi connectivity index (χ4v) is 3.48. The van der Waals surface area contributed by atoms with Gasteiger partial charge in [-0.25, -0.2) is 9.50 Å². The van der Waals surface area contributed by atoms with Gasteiger partial charge in [-0.1, -0.05) is 30.3 Å². The van der Waals surface area contributed by atoms with E-state index in [2.05, 4.69) is 21.5 Å². The molecule has 1 N–H and O–H groups in total. The zero-order chi connectivity index (χ0) is 19.7. The molecule has 0 unspecified atom stereocenters. The highest BCUT2D eigenvalue weighted by Gasteiger charge is 2.14. The molecule has 138 valence electrons. The maximum atomic E-state index is 12.5. The monoisotopic (exact) mass is 369 g/mol. The molecule has 6 heteroatoms. The second kappa shape index (κ2) is 7.12. The van der Waals surface area contributed by atoms with E-state index in [0.717, 1.165) is 33.4 Å². The minimum atomic E-state index is -0.0487. The average molecular weight is 369 g/mol. The van der Waals surface area contributed by atoms with Crippen LogP contribution in [0.5, 0.6) is 0 Å². The van der Waals surface area contributed by atoms with Crippen LogP contribution in [0.2, 0.25) is 0 Å². The SMILES string of the molecule is Cc1nc2c(C#N)cnn2c(C)c1CCC(=O)Nc1ccc2ccccc2c1. The molecule has 2 aromatic carbocycles. The van der Waals surface area contributed by atoms with E-state index in [9.17, 15) is 4.79 Å². The normalized spacial score (nSPS) is 10.9. The first-order valence-electron chi connectivity index (χ1n) is 9.09. The lowest BCUT2D eigenvalue weighted by Crippen LogP contribution is -2.14. The number of hydrogen-bond acceptors (Lipinski definition) is 4. The molecule has 2 aromatic heterocycles. The van der Waals surface area contributed by atoms with Crippen LogP contribution in [0.25, 0.3) is 16.4 Å². The number of fused-ring (bicyclic) bond motifs is 2. The van der Waals surface area contributed by atoms with E-state index in [0.29, 0.717) is 24.1 Å². The number of benzene rings is 2. The fraction of sp³-hybridized carbons (Fsp3) is 0.182. The van der Waals surface area contributed by atoms with Crippen LogP contribution in [-0.2, 0) is 11.2 Å². The third-order valence-electron chi connectivity index (χ3n) is 4.96. The third-order valence-corrected chi connectivity index (χ3v) is 4.96. The number of carbonyl (C=O) groups excluding carboxylic acids is 1. The van der Waals surface area contributed by atoms with Gasteiger partial charge < -0.3 is 5.32 Å². The van der Waals surface area contributed by atoms with Crippen LogP contribution in [0.3, 0.4) is 0 Å². The predicted octanol–water partition coefficient (Wildman–Crippen LogP) is 3.94. The number of rotatable bonds is 4. The molecule has 0 fully saturated rings. The number of nitrogens with one attached hydrogen (secondary N) is 1. The van der Waals surface area contributed by atoms with Crippen LogP contribution in [0, 0.1) is 25.2 Å². The number of amides is 1. The van der Waals surface area contributed by atoms with Crippen LogP contribution < -0.4 is 5.32 Å². The van der Waals surface area contributed by atoms with Crippen molar-refractivity contribution in [1.82, 2.24) is 14.6 Å². The molecule has 0 atom stereocenters. The van der Waals surface area contributed by atoms with Crippen LogP contribution >= 0.6 is 0 Å². The summed E-state index contributed by atoms with van der Waals surface area (Å²) >= 11 is 0. The number of carbonyl (C=O) groups is 1. The van der Waals surface area contributed by atoms with Gasteiger partial charge in [-0.15, -0.1) is 0 Å². The Morgan fingerprint density at radius 2 is 1.96 bits per heavy atom. The summed E-state index contributed by atoms with van der Waals surface area (Å²) in [6, 6.07) is 16.0. The lowest BCUT2D eigenvalue weighted by molar-refractivity contribution is -0.116. The molecule has 4 aromatic rings. The minimum Gasteiger partial charge on any atom is -0.326 e. The Bertz CT molecular complexity index is 1250. The Hall–Kier alpha value is -3.72. The second-order valence-electron chi connectivity index (χ2n) is 6.78. The van der Waals surface area contributed by atoms with Crippen molar-refractivity contribution in [3.05, 3.63) is 71.2 Å². The molecule has 0 aliphatic rings. The number of aromatic nitrogens is 3. The van der Waals surface area contributed by atoms with Crippen LogP contribution in [0.4, 0.5) is 5.69 Å². The molecule has 28 heavy (non-hydrogen) atoms. The molecule has 0 aliphatic heterocycles. The first-order chi connectivity index (χ1) is 13.6. The number of nitriles is 1. The number of hydrogen-bond donors (Lipinski definition) is 1. The molecule has 2 heterocycles. The number of aryl methyl sites for hydroxylation is 2. The van der Waals surface area contributed by atoms with Gasteiger partial charge in [0.25, 0.3) is 0 Å². The highest BCUT2D eigenvalue weighted by atomic mass is 16.1. The Labute approximate surface area is 162 Å². The predicted molar refractivity (Wildman–Crippen MR) is 108 cm³/mol. The van der Waals surface area contributed by atoms with Gasteiger partial charge in [0.2, 0.25) is 5.91 Å². The Balaban J connectivity index is 1.50. The summed E-state index contributed by atoms with van der Waals surface area (Å²) in [5.74, 6) is -0.0487. The molecule has 6 nitrogen and oxygen atoms in total. The summed E-state index contributed by atoms with van der Waals surface area (Å²) < 4.78 is 1.67. The average Bonchev–Trinajstić information content (AvgIpc) is 3.10. The van der Waals surface area contributed by atoms with E-state index < -0.39 is 0 Å². The van der Waals surface area contributed by atoms with Crippen molar-refractivity contribution >= 4 is 28.0 Å². The van der Waals surface area contributed by atoms with Gasteiger partial charge in [-0.2, -0.15) is 10.4 Å². The van der Waals surface area contributed by atoms with Crippen molar-refractivity contribution in [2.24, 2.45) is 0 Å². The second-order valence-corrected chi connectivity index (χ2v) is 6.78. The van der Waals surface area contributed by atoms with E-state index in [1.54, 1.807) is 4.52 Å². The maximum absolute atomic E-state index is 12.5. The summed E-state index contributed by atoms with van der Waals surface area (Å²) in [5, 5.41) is 18.6. The summed E-state index contributed by atoms with van der Waals surface area (Å²) in [6.07, 6.45) is 2.42. The maximum Gasteiger partial charge on any atom is 0.224 e. The first kappa shape index (κ1) is 17.7. The highest BCUT2D eigenvalue weighted by molar-refractivity contribution is 5.94. The Morgan fingerprint density at radius 3 is 2.75 bits per heavy atom. The third kappa shape index (κ3) is 3.19. The molecular weight excluding hydrogens is 350 g/mol. The Kier molecular flexibility index (Phi) is 4.50. The first-order valence-corrected chi connectivity index (χ1v) is 9.09. The molecule has 0 saturated carbocycles. The summed E-state index contributed by atoms with van der Waals surface area (Å²) in [4.78, 5) is 17.0. The molecule has 0 bridgehead atoms. The molecular formula is C22H19N5O. The Morgan fingerprint density at radius 1 is 1.18 bits per heavy atom. The van der Waals surface area contributed by atoms with Gasteiger partial charge in [0.05, 0.1) is 6.20 Å². The molecule has 0 spiro atoms. The van der Waals surface area contributed by atoms with Gasteiger partial charge >= 0.3 is 0 Å². The van der Waals surface area contributed by atoms with Crippen molar-refractivity contribution in [3.8, 4) is 6.07 Å². The van der Waals surface area contributed by atoms with Crippen molar-refractivity contribution < 1.29 is 4.79 Å². The van der Waals surface area contributed by atoms with Crippen molar-refractivity contribution in [3.63, 3.8) is 0 Å². The summed E-state index contributed by atoms with van der Waals surface area (Å²) in [7, 11) is 0.